The van der Waals surface area contributed by atoms with Gasteiger partial charge in [0.15, 0.2) is 0 Å². The topological polar surface area (TPSA) is 39.6 Å². The summed E-state index contributed by atoms with van der Waals surface area (Å²) in [7, 11) is 0. The lowest BCUT2D eigenvalue weighted by Crippen LogP contribution is -1.72. The number of rotatable bonds is 1. The van der Waals surface area contributed by atoms with Gasteiger partial charge in [0.25, 0.3) is 0 Å². The summed E-state index contributed by atoms with van der Waals surface area (Å²) in [5.41, 5.74) is 1.89. The lowest BCUT2D eigenvalue weighted by atomic mass is 10.1. The smallest absolute Gasteiger partial charge is 0.0927 e. The van der Waals surface area contributed by atoms with Crippen molar-refractivity contribution in [2.24, 2.45) is 0 Å². The number of hydrogen-bond acceptors (Lipinski definition) is 1. The molecule has 0 fully saturated rings. The number of nitrogens with one attached hydrogen (secondary N) is 1. The fourth-order valence-corrected chi connectivity index (χ4v) is 1.61. The van der Waals surface area contributed by atoms with Gasteiger partial charge in [0.2, 0.25) is 0 Å². The largest absolute Gasteiger partial charge is 0.361 e. The second-order valence-corrected chi connectivity index (χ2v) is 3.28. The van der Waals surface area contributed by atoms with E-state index in [0.29, 0.717) is 5.03 Å². The molecule has 3 heteroatoms. The zero-order valence-corrected chi connectivity index (χ0v) is 8.05. The van der Waals surface area contributed by atoms with E-state index in [1.165, 1.54) is 6.08 Å². The van der Waals surface area contributed by atoms with E-state index in [4.69, 9.17) is 16.9 Å². The monoisotopic (exact) mass is 202 g/mol. The number of hydrogen-bond donors (Lipinski definition) is 1. The van der Waals surface area contributed by atoms with Gasteiger partial charge in [0.05, 0.1) is 11.1 Å². The Morgan fingerprint density at radius 3 is 3.00 bits per heavy atom. The molecule has 0 radical (unpaired) electrons. The minimum Gasteiger partial charge on any atom is -0.361 e. The van der Waals surface area contributed by atoms with Crippen LogP contribution in [0.5, 0.6) is 0 Å². The molecule has 0 bridgehead atoms. The Morgan fingerprint density at radius 1 is 1.43 bits per heavy atom. The minimum absolute atomic E-state index is 0.463. The van der Waals surface area contributed by atoms with E-state index in [1.54, 1.807) is 6.20 Å². The van der Waals surface area contributed by atoms with Gasteiger partial charge >= 0.3 is 0 Å². The molecule has 14 heavy (non-hydrogen) atoms. The third-order valence-electron chi connectivity index (χ3n) is 2.04. The molecule has 1 N–H and O–H groups in total. The average molecular weight is 203 g/mol. The highest BCUT2D eigenvalue weighted by Crippen LogP contribution is 2.26. The first-order chi connectivity index (χ1) is 6.83. The maximum atomic E-state index is 8.49. The van der Waals surface area contributed by atoms with Crippen LogP contribution in [0.25, 0.3) is 15.9 Å². The summed E-state index contributed by atoms with van der Waals surface area (Å²) in [6.45, 7) is 0. The molecular formula is C11H7ClN2. The lowest BCUT2D eigenvalue weighted by Gasteiger charge is -1.93. The van der Waals surface area contributed by atoms with Crippen LogP contribution >= 0.6 is 11.6 Å². The quantitative estimate of drug-likeness (QED) is 0.709. The van der Waals surface area contributed by atoms with Crippen molar-refractivity contribution >= 4 is 27.5 Å². The Hall–Kier alpha value is -1.72. The van der Waals surface area contributed by atoms with E-state index in [1.807, 2.05) is 30.3 Å². The molecule has 68 valence electrons. The molecule has 1 aromatic heterocycles. The SMILES string of the molecule is N#C/C=C(\Cl)c1c[nH]c2ccccc12. The van der Waals surface area contributed by atoms with Gasteiger partial charge in [-0.05, 0) is 6.07 Å². The molecule has 1 heterocycles. The number of nitriles is 1. The van der Waals surface area contributed by atoms with Crippen LogP contribution in [0.2, 0.25) is 0 Å². The first-order valence-corrected chi connectivity index (χ1v) is 4.52. The predicted octanol–water partition coefficient (Wildman–Crippen LogP) is 3.27. The number of benzene rings is 1. The molecule has 0 saturated heterocycles. The first-order valence-electron chi connectivity index (χ1n) is 4.14. The number of aromatic nitrogens is 1. The Morgan fingerprint density at radius 2 is 2.21 bits per heavy atom. The zero-order valence-electron chi connectivity index (χ0n) is 7.29. The predicted molar refractivity (Wildman–Crippen MR) is 57.7 cm³/mol. The Bertz CT molecular complexity index is 531. The van der Waals surface area contributed by atoms with Gasteiger partial charge in [0.1, 0.15) is 0 Å². The highest BCUT2D eigenvalue weighted by Gasteiger charge is 2.04. The van der Waals surface area contributed by atoms with Crippen molar-refractivity contribution in [2.45, 2.75) is 0 Å². The van der Waals surface area contributed by atoms with Crippen LogP contribution < -0.4 is 0 Å². The summed E-state index contributed by atoms with van der Waals surface area (Å²) in [5, 5.41) is 9.98. The second-order valence-electron chi connectivity index (χ2n) is 2.87. The Balaban J connectivity index is 2.65. The number of allylic oxidation sites excluding steroid dienone is 1. The molecule has 0 saturated carbocycles. The van der Waals surface area contributed by atoms with Crippen LogP contribution in [0.4, 0.5) is 0 Å². The van der Waals surface area contributed by atoms with Gasteiger partial charge in [-0.25, -0.2) is 0 Å². The number of aromatic amines is 1. The molecule has 1 aromatic carbocycles. The summed E-state index contributed by atoms with van der Waals surface area (Å²) in [6.07, 6.45) is 3.14. The van der Waals surface area contributed by atoms with Crippen molar-refractivity contribution in [1.82, 2.24) is 4.98 Å². The standard InChI is InChI=1S/C11H7ClN2/c12-10(5-6-13)9-7-14-11-4-2-1-3-8(9)11/h1-5,7,14H/b10-5-. The van der Waals surface area contributed by atoms with Gasteiger partial charge in [-0.1, -0.05) is 29.8 Å². The summed E-state index contributed by atoms with van der Waals surface area (Å²) >= 11 is 5.95. The third-order valence-corrected chi connectivity index (χ3v) is 2.35. The van der Waals surface area contributed by atoms with E-state index in [-0.39, 0.29) is 0 Å². The molecule has 2 rings (SSSR count). The highest BCUT2D eigenvalue weighted by molar-refractivity contribution is 6.50. The summed E-state index contributed by atoms with van der Waals surface area (Å²) in [4.78, 5) is 3.09. The normalized spacial score (nSPS) is 11.6. The second kappa shape index (κ2) is 3.57. The molecule has 0 aliphatic carbocycles. The van der Waals surface area contributed by atoms with E-state index < -0.39 is 0 Å². The van der Waals surface area contributed by atoms with E-state index in [9.17, 15) is 0 Å². The molecule has 2 aromatic rings. The van der Waals surface area contributed by atoms with E-state index in [2.05, 4.69) is 4.98 Å². The van der Waals surface area contributed by atoms with Crippen molar-refractivity contribution < 1.29 is 0 Å². The Labute approximate surface area is 86.4 Å². The fourth-order valence-electron chi connectivity index (χ4n) is 1.40. The number of H-pyrrole nitrogens is 1. The number of nitrogens with zero attached hydrogens (tertiary/aromatic N) is 1. The van der Waals surface area contributed by atoms with Crippen LogP contribution in [0.1, 0.15) is 5.56 Å². The van der Waals surface area contributed by atoms with Crippen LogP contribution in [0.15, 0.2) is 36.5 Å². The first kappa shape index (κ1) is 8.86. The van der Waals surface area contributed by atoms with Crippen LogP contribution in [-0.2, 0) is 0 Å². The van der Waals surface area contributed by atoms with Crippen molar-refractivity contribution in [3.63, 3.8) is 0 Å². The number of halogens is 1. The average Bonchev–Trinajstić information content (AvgIpc) is 2.61. The van der Waals surface area contributed by atoms with Gasteiger partial charge in [0, 0.05) is 28.7 Å². The molecule has 0 atom stereocenters. The van der Waals surface area contributed by atoms with Crippen molar-refractivity contribution in [3.05, 3.63) is 42.1 Å². The molecule has 2 nitrogen and oxygen atoms in total. The molecule has 0 unspecified atom stereocenters. The van der Waals surface area contributed by atoms with Crippen molar-refractivity contribution in [2.75, 3.05) is 0 Å². The summed E-state index contributed by atoms with van der Waals surface area (Å²) in [6, 6.07) is 9.74. The summed E-state index contributed by atoms with van der Waals surface area (Å²) < 4.78 is 0. The van der Waals surface area contributed by atoms with E-state index >= 15 is 0 Å². The van der Waals surface area contributed by atoms with Crippen molar-refractivity contribution in [3.8, 4) is 6.07 Å². The van der Waals surface area contributed by atoms with Gasteiger partial charge in [-0.3, -0.25) is 0 Å². The van der Waals surface area contributed by atoms with E-state index in [0.717, 1.165) is 16.5 Å². The molecule has 0 aliphatic heterocycles. The van der Waals surface area contributed by atoms with Gasteiger partial charge in [-0.15, -0.1) is 0 Å². The highest BCUT2D eigenvalue weighted by atomic mass is 35.5. The number of para-hydroxylation sites is 1. The van der Waals surface area contributed by atoms with Gasteiger partial charge < -0.3 is 4.98 Å². The van der Waals surface area contributed by atoms with Crippen LogP contribution in [0.3, 0.4) is 0 Å². The molecule has 0 aliphatic rings. The van der Waals surface area contributed by atoms with Crippen LogP contribution in [0, 0.1) is 11.3 Å². The summed E-state index contributed by atoms with van der Waals surface area (Å²) in [5.74, 6) is 0. The Kier molecular flexibility index (Phi) is 2.26. The zero-order chi connectivity index (χ0) is 9.97. The van der Waals surface area contributed by atoms with Crippen molar-refractivity contribution in [1.29, 1.82) is 5.26 Å². The fraction of sp³-hybridized carbons (Fsp3) is 0. The number of fused-ring (bicyclic) bond motifs is 1. The maximum absolute atomic E-state index is 8.49. The molecule has 0 amide bonds. The lowest BCUT2D eigenvalue weighted by molar-refractivity contribution is 1.47. The van der Waals surface area contributed by atoms with Crippen LogP contribution in [-0.4, -0.2) is 4.98 Å². The maximum Gasteiger partial charge on any atom is 0.0927 e. The molecule has 0 spiro atoms. The third kappa shape index (κ3) is 1.39. The van der Waals surface area contributed by atoms with Gasteiger partial charge in [-0.2, -0.15) is 5.26 Å². The molecular weight excluding hydrogens is 196 g/mol. The minimum atomic E-state index is 0.463.